The van der Waals surface area contributed by atoms with Crippen LogP contribution in [0, 0.1) is 0 Å². The maximum atomic E-state index is 12.6. The molecule has 6 nitrogen and oxygen atoms in total. The van der Waals surface area contributed by atoms with Crippen LogP contribution in [-0.4, -0.2) is 42.8 Å². The Kier molecular flexibility index (Phi) is 6.75. The van der Waals surface area contributed by atoms with Crippen LogP contribution in [0.5, 0.6) is 5.75 Å². The molecule has 1 aromatic carbocycles. The fourth-order valence-electron chi connectivity index (χ4n) is 3.05. The average molecular weight is 404 g/mol. The van der Waals surface area contributed by atoms with E-state index in [1.54, 1.807) is 24.4 Å². The summed E-state index contributed by atoms with van der Waals surface area (Å²) in [7, 11) is 0. The average Bonchev–Trinajstić information content (AvgIpc) is 2.67. The van der Waals surface area contributed by atoms with E-state index in [0.29, 0.717) is 29.5 Å². The Hall–Kier alpha value is -2.31. The van der Waals surface area contributed by atoms with E-state index in [0.717, 1.165) is 24.5 Å². The molecule has 1 fully saturated rings. The van der Waals surface area contributed by atoms with E-state index < -0.39 is 0 Å². The third-order valence-corrected chi connectivity index (χ3v) is 4.61. The van der Waals surface area contributed by atoms with E-state index in [9.17, 15) is 4.79 Å². The lowest BCUT2D eigenvalue weighted by Gasteiger charge is -2.32. The van der Waals surface area contributed by atoms with E-state index in [1.807, 2.05) is 26.0 Å². The molecule has 1 aliphatic heterocycles. The van der Waals surface area contributed by atoms with Gasteiger partial charge in [0.15, 0.2) is 0 Å². The molecule has 1 amide bonds. The number of amides is 1. The molecule has 1 saturated heterocycles. The molecule has 0 spiro atoms. The van der Waals surface area contributed by atoms with Gasteiger partial charge in [0.1, 0.15) is 11.6 Å². The minimum Gasteiger partial charge on any atom is -0.490 e. The van der Waals surface area contributed by atoms with Crippen molar-refractivity contribution in [3.63, 3.8) is 0 Å². The Balaban J connectivity index is 1.62. The summed E-state index contributed by atoms with van der Waals surface area (Å²) in [6, 6.07) is 9.01. The first-order valence-corrected chi connectivity index (χ1v) is 9.86. The number of anilines is 1. The zero-order valence-electron chi connectivity index (χ0n) is 16.4. The Bertz CT molecular complexity index is 811. The molecule has 0 radical (unpaired) electrons. The fourth-order valence-corrected chi connectivity index (χ4v) is 3.22. The second kappa shape index (κ2) is 9.26. The Morgan fingerprint density at radius 2 is 2.21 bits per heavy atom. The first-order chi connectivity index (χ1) is 13.4. The number of morpholine rings is 1. The van der Waals surface area contributed by atoms with Gasteiger partial charge < -0.3 is 19.7 Å². The van der Waals surface area contributed by atoms with Crippen LogP contribution in [0.1, 0.15) is 36.7 Å². The zero-order valence-corrected chi connectivity index (χ0v) is 17.2. The number of aromatic nitrogens is 1. The number of hydrogen-bond donors (Lipinski definition) is 1. The number of nitrogens with zero attached hydrogens (tertiary/aromatic N) is 2. The highest BCUT2D eigenvalue weighted by Gasteiger charge is 2.18. The van der Waals surface area contributed by atoms with Gasteiger partial charge in [-0.1, -0.05) is 17.7 Å². The van der Waals surface area contributed by atoms with Crippen LogP contribution < -0.4 is 15.0 Å². The lowest BCUT2D eigenvalue weighted by Crippen LogP contribution is -2.41. The van der Waals surface area contributed by atoms with Crippen LogP contribution in [0.15, 0.2) is 36.5 Å². The van der Waals surface area contributed by atoms with E-state index >= 15 is 0 Å². The molecule has 2 aromatic rings. The van der Waals surface area contributed by atoms with Crippen molar-refractivity contribution in [2.75, 3.05) is 24.6 Å². The van der Waals surface area contributed by atoms with Crippen molar-refractivity contribution in [3.8, 4) is 5.75 Å². The third kappa shape index (κ3) is 5.36. The van der Waals surface area contributed by atoms with Crippen molar-refractivity contribution in [3.05, 3.63) is 52.7 Å². The molecule has 1 unspecified atom stereocenters. The predicted octanol–water partition coefficient (Wildman–Crippen LogP) is 3.68. The molecule has 1 aliphatic rings. The highest BCUT2D eigenvalue weighted by Crippen LogP contribution is 2.24. The van der Waals surface area contributed by atoms with Crippen molar-refractivity contribution in [1.29, 1.82) is 0 Å². The molecule has 1 N–H and O–H groups in total. The molecule has 7 heteroatoms. The van der Waals surface area contributed by atoms with Gasteiger partial charge in [0.05, 0.1) is 24.4 Å². The van der Waals surface area contributed by atoms with Gasteiger partial charge in [-0.15, -0.1) is 0 Å². The molecule has 0 aliphatic carbocycles. The fraction of sp³-hybridized carbons (Fsp3) is 0.429. The van der Waals surface area contributed by atoms with Crippen molar-refractivity contribution in [2.24, 2.45) is 0 Å². The van der Waals surface area contributed by atoms with Crippen LogP contribution in [-0.2, 0) is 11.3 Å². The zero-order chi connectivity index (χ0) is 20.1. The summed E-state index contributed by atoms with van der Waals surface area (Å²) in [5, 5.41) is 3.40. The summed E-state index contributed by atoms with van der Waals surface area (Å²) in [5.41, 5.74) is 1.35. The van der Waals surface area contributed by atoms with Crippen LogP contribution in [0.3, 0.4) is 0 Å². The molecule has 0 bridgehead atoms. The normalized spacial score (nSPS) is 16.9. The van der Waals surface area contributed by atoms with Crippen LogP contribution >= 0.6 is 11.6 Å². The van der Waals surface area contributed by atoms with Gasteiger partial charge in [-0.25, -0.2) is 4.98 Å². The number of carbonyl (C=O) groups is 1. The molecule has 1 atom stereocenters. The topological polar surface area (TPSA) is 63.7 Å². The number of rotatable bonds is 6. The molecule has 150 valence electrons. The van der Waals surface area contributed by atoms with Gasteiger partial charge in [-0.3, -0.25) is 4.79 Å². The summed E-state index contributed by atoms with van der Waals surface area (Å²) in [5.74, 6) is 1.21. The molecule has 3 rings (SSSR count). The number of ether oxygens (including phenoxy) is 2. The van der Waals surface area contributed by atoms with E-state index in [-0.39, 0.29) is 18.1 Å². The van der Waals surface area contributed by atoms with Gasteiger partial charge in [0.2, 0.25) is 0 Å². The van der Waals surface area contributed by atoms with Crippen molar-refractivity contribution in [1.82, 2.24) is 10.3 Å². The largest absolute Gasteiger partial charge is 0.490 e. The maximum Gasteiger partial charge on any atom is 0.255 e. The Morgan fingerprint density at radius 3 is 2.89 bits per heavy atom. The first kappa shape index (κ1) is 20.4. The number of benzene rings is 1. The summed E-state index contributed by atoms with van der Waals surface area (Å²) >= 11 is 6.06. The second-order valence-electron chi connectivity index (χ2n) is 7.14. The van der Waals surface area contributed by atoms with E-state index in [1.165, 1.54) is 0 Å². The first-order valence-electron chi connectivity index (χ1n) is 9.48. The smallest absolute Gasteiger partial charge is 0.255 e. The molecule has 1 aromatic heterocycles. The van der Waals surface area contributed by atoms with Crippen LogP contribution in [0.2, 0.25) is 5.02 Å². The van der Waals surface area contributed by atoms with Crippen LogP contribution in [0.4, 0.5) is 5.82 Å². The second-order valence-corrected chi connectivity index (χ2v) is 7.58. The van der Waals surface area contributed by atoms with Gasteiger partial charge in [0.25, 0.3) is 5.91 Å². The monoisotopic (exact) mass is 403 g/mol. The number of nitrogens with one attached hydrogen (secondary N) is 1. The van der Waals surface area contributed by atoms with Gasteiger partial charge in [-0.05, 0) is 50.6 Å². The Morgan fingerprint density at radius 1 is 1.39 bits per heavy atom. The highest BCUT2D eigenvalue weighted by atomic mass is 35.5. The predicted molar refractivity (Wildman–Crippen MR) is 110 cm³/mol. The van der Waals surface area contributed by atoms with Gasteiger partial charge in [-0.2, -0.15) is 0 Å². The minimum absolute atomic E-state index is 0.0348. The van der Waals surface area contributed by atoms with Crippen LogP contribution in [0.25, 0.3) is 0 Å². The quantitative estimate of drug-likeness (QED) is 0.797. The standard InChI is InChI=1S/C21H26ClN3O3/c1-14(2)28-19-6-5-17(22)10-18(19)21(26)24-12-16-4-7-20(23-11-16)25-8-9-27-15(3)13-25/h4-7,10-11,14-15H,8-9,12-13H2,1-3H3,(H,24,26). The number of carbonyl (C=O) groups excluding carboxylic acids is 1. The maximum absolute atomic E-state index is 12.6. The molecular weight excluding hydrogens is 378 g/mol. The molecular formula is C21H26ClN3O3. The Labute approximate surface area is 170 Å². The molecule has 0 saturated carbocycles. The third-order valence-electron chi connectivity index (χ3n) is 4.38. The molecule has 28 heavy (non-hydrogen) atoms. The number of halogens is 1. The summed E-state index contributed by atoms with van der Waals surface area (Å²) in [6.07, 6.45) is 1.96. The SMILES string of the molecule is CC(C)Oc1ccc(Cl)cc1C(=O)NCc1ccc(N2CCOC(C)C2)nc1. The number of pyridine rings is 1. The van der Waals surface area contributed by atoms with Gasteiger partial charge >= 0.3 is 0 Å². The highest BCUT2D eigenvalue weighted by molar-refractivity contribution is 6.31. The number of hydrogen-bond acceptors (Lipinski definition) is 5. The van der Waals surface area contributed by atoms with Crippen molar-refractivity contribution in [2.45, 2.75) is 39.5 Å². The molecule has 2 heterocycles. The van der Waals surface area contributed by atoms with Gasteiger partial charge in [0, 0.05) is 30.9 Å². The lowest BCUT2D eigenvalue weighted by molar-refractivity contribution is 0.0529. The van der Waals surface area contributed by atoms with E-state index in [4.69, 9.17) is 21.1 Å². The summed E-state index contributed by atoms with van der Waals surface area (Å²) in [6.45, 7) is 8.64. The van der Waals surface area contributed by atoms with Crippen molar-refractivity contribution >= 4 is 23.3 Å². The lowest BCUT2D eigenvalue weighted by atomic mass is 10.1. The summed E-state index contributed by atoms with van der Waals surface area (Å²) < 4.78 is 11.3. The minimum atomic E-state index is -0.232. The van der Waals surface area contributed by atoms with E-state index in [2.05, 4.69) is 22.1 Å². The summed E-state index contributed by atoms with van der Waals surface area (Å²) in [4.78, 5) is 19.4. The van der Waals surface area contributed by atoms with Crippen molar-refractivity contribution < 1.29 is 14.3 Å².